The maximum atomic E-state index is 13.4. The van der Waals surface area contributed by atoms with Gasteiger partial charge < -0.3 is 10.1 Å². The van der Waals surface area contributed by atoms with E-state index in [0.29, 0.717) is 21.2 Å². The zero-order valence-electron chi connectivity index (χ0n) is 15.3. The smallest absolute Gasteiger partial charge is 0.348 e. The lowest BCUT2D eigenvalue weighted by atomic mass is 9.98. The molecule has 0 atom stereocenters. The van der Waals surface area contributed by atoms with Crippen LogP contribution in [0.15, 0.2) is 24.5 Å². The van der Waals surface area contributed by atoms with E-state index < -0.39 is 5.82 Å². The third-order valence-electron chi connectivity index (χ3n) is 4.92. The van der Waals surface area contributed by atoms with E-state index in [2.05, 4.69) is 15.3 Å². The number of nitrogens with zero attached hydrogens (tertiary/aromatic N) is 2. The number of esters is 1. The van der Waals surface area contributed by atoms with E-state index in [1.165, 1.54) is 36.2 Å². The van der Waals surface area contributed by atoms with E-state index in [-0.39, 0.29) is 17.1 Å². The molecule has 0 radical (unpaired) electrons. The summed E-state index contributed by atoms with van der Waals surface area (Å²) in [6.07, 6.45) is 6.68. The van der Waals surface area contributed by atoms with Crippen LogP contribution in [-0.2, 0) is 4.74 Å². The van der Waals surface area contributed by atoms with Gasteiger partial charge in [-0.3, -0.25) is 0 Å². The van der Waals surface area contributed by atoms with E-state index in [1.807, 2.05) is 6.92 Å². The van der Waals surface area contributed by atoms with Crippen molar-refractivity contribution in [2.45, 2.75) is 45.1 Å². The molecule has 28 heavy (non-hydrogen) atoms. The molecular weight excluding hydrogens is 401 g/mol. The molecule has 0 saturated heterocycles. The van der Waals surface area contributed by atoms with Crippen molar-refractivity contribution in [1.82, 2.24) is 9.97 Å². The van der Waals surface area contributed by atoms with Crippen molar-refractivity contribution in [2.24, 2.45) is 0 Å². The number of benzene rings is 1. The van der Waals surface area contributed by atoms with Gasteiger partial charge in [-0.2, -0.15) is 0 Å². The third-order valence-corrected chi connectivity index (χ3v) is 6.39. The van der Waals surface area contributed by atoms with Gasteiger partial charge in [0.15, 0.2) is 0 Å². The molecule has 1 saturated carbocycles. The predicted octanol–water partition coefficient (Wildman–Crippen LogP) is 6.03. The maximum Gasteiger partial charge on any atom is 0.348 e. The number of hydrogen-bond acceptors (Lipinski definition) is 6. The summed E-state index contributed by atoms with van der Waals surface area (Å²) in [5.74, 6) is -0.249. The number of thiophene rings is 1. The number of hydrogen-bond donors (Lipinski definition) is 1. The minimum atomic E-state index is -0.487. The highest BCUT2D eigenvalue weighted by Crippen LogP contribution is 2.36. The standard InChI is InChI=1S/C20H19ClFN3O2S/c1-11-16-18(25-12-7-8-15(22)14(21)9-12)23-10-24-19(16)28-17(11)20(26)27-13-5-3-2-4-6-13/h7-10,13H,2-6H2,1H3,(H,23,24,25). The molecule has 146 valence electrons. The number of carbonyl (C=O) groups is 1. The van der Waals surface area contributed by atoms with Gasteiger partial charge in [-0.05, 0) is 56.4 Å². The highest BCUT2D eigenvalue weighted by molar-refractivity contribution is 7.20. The van der Waals surface area contributed by atoms with Gasteiger partial charge in [0.25, 0.3) is 0 Å². The maximum absolute atomic E-state index is 13.4. The number of anilines is 2. The summed E-state index contributed by atoms with van der Waals surface area (Å²) >= 11 is 7.16. The monoisotopic (exact) mass is 419 g/mol. The first kappa shape index (κ1) is 19.1. The van der Waals surface area contributed by atoms with Crippen LogP contribution < -0.4 is 5.32 Å². The normalized spacial score (nSPS) is 15.0. The van der Waals surface area contributed by atoms with Crippen molar-refractivity contribution in [3.8, 4) is 0 Å². The van der Waals surface area contributed by atoms with Crippen LogP contribution in [0.25, 0.3) is 10.2 Å². The average molecular weight is 420 g/mol. The Hall–Kier alpha value is -2.25. The van der Waals surface area contributed by atoms with Gasteiger partial charge in [-0.25, -0.2) is 19.2 Å². The Morgan fingerprint density at radius 2 is 2.07 bits per heavy atom. The van der Waals surface area contributed by atoms with Gasteiger partial charge in [-0.15, -0.1) is 11.3 Å². The van der Waals surface area contributed by atoms with Gasteiger partial charge in [0.1, 0.15) is 33.8 Å². The SMILES string of the molecule is Cc1c(C(=O)OC2CCCCC2)sc2ncnc(Nc3ccc(F)c(Cl)c3)c12. The van der Waals surface area contributed by atoms with Gasteiger partial charge in [0.2, 0.25) is 0 Å². The number of rotatable bonds is 4. The molecule has 0 spiro atoms. The van der Waals surface area contributed by atoms with E-state index >= 15 is 0 Å². The van der Waals surface area contributed by atoms with Crippen molar-refractivity contribution in [1.29, 1.82) is 0 Å². The van der Waals surface area contributed by atoms with Crippen molar-refractivity contribution >= 4 is 50.6 Å². The molecule has 3 aromatic rings. The van der Waals surface area contributed by atoms with Crippen LogP contribution in [0.2, 0.25) is 5.02 Å². The van der Waals surface area contributed by atoms with Crippen molar-refractivity contribution in [3.05, 3.63) is 45.8 Å². The fraction of sp³-hybridized carbons (Fsp3) is 0.350. The Bertz CT molecular complexity index is 1030. The summed E-state index contributed by atoms with van der Waals surface area (Å²) in [6.45, 7) is 1.86. The number of nitrogens with one attached hydrogen (secondary N) is 1. The quantitative estimate of drug-likeness (QED) is 0.523. The minimum Gasteiger partial charge on any atom is -0.458 e. The van der Waals surface area contributed by atoms with E-state index in [9.17, 15) is 9.18 Å². The zero-order valence-corrected chi connectivity index (χ0v) is 16.9. The fourth-order valence-corrected chi connectivity index (χ4v) is 4.67. The van der Waals surface area contributed by atoms with E-state index in [0.717, 1.165) is 36.6 Å². The molecule has 0 aliphatic heterocycles. The summed E-state index contributed by atoms with van der Waals surface area (Å²) in [6, 6.07) is 4.36. The Morgan fingerprint density at radius 3 is 2.82 bits per heavy atom. The molecule has 1 N–H and O–H groups in total. The van der Waals surface area contributed by atoms with Gasteiger partial charge in [0.05, 0.1) is 10.4 Å². The second-order valence-electron chi connectivity index (χ2n) is 6.88. The van der Waals surface area contributed by atoms with Crippen LogP contribution >= 0.6 is 22.9 Å². The van der Waals surface area contributed by atoms with Crippen LogP contribution in [0, 0.1) is 12.7 Å². The lowest BCUT2D eigenvalue weighted by molar-refractivity contribution is 0.0216. The third kappa shape index (κ3) is 3.82. The Kier molecular flexibility index (Phi) is 5.46. The molecule has 2 aromatic heterocycles. The second kappa shape index (κ2) is 8.01. The molecule has 4 rings (SSSR count). The molecule has 1 fully saturated rings. The summed E-state index contributed by atoms with van der Waals surface area (Å²) in [5, 5.41) is 3.92. The molecule has 0 amide bonds. The summed E-state index contributed by atoms with van der Waals surface area (Å²) in [5.41, 5.74) is 1.38. The van der Waals surface area contributed by atoms with Gasteiger partial charge in [0, 0.05) is 5.69 Å². The molecule has 0 bridgehead atoms. The first-order valence-corrected chi connectivity index (χ1v) is 10.4. The molecule has 1 aliphatic rings. The average Bonchev–Trinajstić information content (AvgIpc) is 3.03. The van der Waals surface area contributed by atoms with Gasteiger partial charge >= 0.3 is 5.97 Å². The van der Waals surface area contributed by atoms with Crippen LogP contribution in [0.5, 0.6) is 0 Å². The lowest BCUT2D eigenvalue weighted by Gasteiger charge is -2.21. The topological polar surface area (TPSA) is 64.1 Å². The van der Waals surface area contributed by atoms with Crippen molar-refractivity contribution in [2.75, 3.05) is 5.32 Å². The van der Waals surface area contributed by atoms with Crippen molar-refractivity contribution in [3.63, 3.8) is 0 Å². The van der Waals surface area contributed by atoms with Crippen LogP contribution in [0.1, 0.15) is 47.3 Å². The van der Waals surface area contributed by atoms with Crippen molar-refractivity contribution < 1.29 is 13.9 Å². The highest BCUT2D eigenvalue weighted by atomic mass is 35.5. The zero-order chi connectivity index (χ0) is 19.7. The van der Waals surface area contributed by atoms with Crippen LogP contribution in [0.3, 0.4) is 0 Å². The molecular formula is C20H19ClFN3O2S. The minimum absolute atomic E-state index is 0.00380. The number of carbonyl (C=O) groups excluding carboxylic acids is 1. The molecule has 5 nitrogen and oxygen atoms in total. The molecule has 2 heterocycles. The van der Waals surface area contributed by atoms with Gasteiger partial charge in [-0.1, -0.05) is 18.0 Å². The number of fused-ring (bicyclic) bond motifs is 1. The first-order valence-electron chi connectivity index (χ1n) is 9.20. The van der Waals surface area contributed by atoms with E-state index in [4.69, 9.17) is 16.3 Å². The highest BCUT2D eigenvalue weighted by Gasteiger charge is 2.24. The first-order chi connectivity index (χ1) is 13.5. The fourth-order valence-electron chi connectivity index (χ4n) is 3.46. The second-order valence-corrected chi connectivity index (χ2v) is 8.28. The molecule has 0 unspecified atom stereocenters. The predicted molar refractivity (Wildman–Crippen MR) is 109 cm³/mol. The number of halogens is 2. The summed E-state index contributed by atoms with van der Waals surface area (Å²) in [4.78, 5) is 22.6. The summed E-state index contributed by atoms with van der Waals surface area (Å²) in [7, 11) is 0. The largest absolute Gasteiger partial charge is 0.458 e. The number of ether oxygens (including phenoxy) is 1. The molecule has 8 heteroatoms. The van der Waals surface area contributed by atoms with E-state index in [1.54, 1.807) is 6.07 Å². The molecule has 1 aliphatic carbocycles. The summed E-state index contributed by atoms with van der Waals surface area (Å²) < 4.78 is 19.1. The Balaban J connectivity index is 1.64. The number of aryl methyl sites for hydroxylation is 1. The Morgan fingerprint density at radius 1 is 1.29 bits per heavy atom. The van der Waals surface area contributed by atoms with Crippen LogP contribution in [0.4, 0.5) is 15.9 Å². The van der Waals surface area contributed by atoms with Crippen LogP contribution in [-0.4, -0.2) is 22.0 Å². The Labute approximate surface area is 170 Å². The lowest BCUT2D eigenvalue weighted by Crippen LogP contribution is -2.20. The molecule has 1 aromatic carbocycles. The number of aromatic nitrogens is 2.